The lowest BCUT2D eigenvalue weighted by atomic mass is 9.96. The first-order valence-electron chi connectivity index (χ1n) is 10.6. The van der Waals surface area contributed by atoms with Crippen LogP contribution >= 0.6 is 11.6 Å². The molecular formula is C26H22ClN3O4. The number of carbonyl (C=O) groups excluding carboxylic acids is 2. The fourth-order valence-corrected chi connectivity index (χ4v) is 3.78. The average molecular weight is 476 g/mol. The minimum absolute atomic E-state index is 0.0665. The number of esters is 1. The Bertz CT molecular complexity index is 1440. The Hall–Kier alpha value is -3.97. The molecule has 0 fully saturated rings. The van der Waals surface area contributed by atoms with Gasteiger partial charge in [0.2, 0.25) is 0 Å². The second-order valence-corrected chi connectivity index (χ2v) is 8.33. The van der Waals surface area contributed by atoms with Crippen molar-refractivity contribution in [3.63, 3.8) is 0 Å². The van der Waals surface area contributed by atoms with Crippen molar-refractivity contribution in [2.24, 2.45) is 7.05 Å². The van der Waals surface area contributed by atoms with Gasteiger partial charge in [0.1, 0.15) is 11.5 Å². The van der Waals surface area contributed by atoms with E-state index in [-0.39, 0.29) is 17.1 Å². The van der Waals surface area contributed by atoms with Crippen molar-refractivity contribution in [1.29, 1.82) is 0 Å². The minimum atomic E-state index is -1.14. The monoisotopic (exact) mass is 475 g/mol. The third-order valence-electron chi connectivity index (χ3n) is 5.47. The van der Waals surface area contributed by atoms with E-state index >= 15 is 0 Å². The number of rotatable bonds is 5. The molecule has 2 aromatic carbocycles. The van der Waals surface area contributed by atoms with Gasteiger partial charge in [-0.3, -0.25) is 9.59 Å². The highest BCUT2D eigenvalue weighted by Crippen LogP contribution is 2.31. The molecule has 1 N–H and O–H groups in total. The smallest absolute Gasteiger partial charge is 0.356 e. The fourth-order valence-electron chi connectivity index (χ4n) is 3.66. The summed E-state index contributed by atoms with van der Waals surface area (Å²) in [6.07, 6.45) is 0.254. The van der Waals surface area contributed by atoms with Crippen molar-refractivity contribution in [1.82, 2.24) is 9.55 Å². The van der Waals surface area contributed by atoms with E-state index in [2.05, 4.69) is 10.3 Å². The number of amides is 1. The zero-order valence-corrected chi connectivity index (χ0v) is 19.6. The standard InChI is InChI=1S/C26H22ClN3O4/c1-15-8-10-17(11-9-15)22-19-6-4-5-7-20(19)25(32)30(3)23(22)26(33)34-16(2)24(31)29-21-13-12-18(27)14-28-21/h4-14,16H,1-3H3,(H,28,29,31). The van der Waals surface area contributed by atoms with E-state index in [0.717, 1.165) is 11.1 Å². The molecule has 0 spiro atoms. The third-order valence-corrected chi connectivity index (χ3v) is 5.69. The number of aromatic nitrogens is 2. The van der Waals surface area contributed by atoms with Crippen LogP contribution in [0.2, 0.25) is 5.02 Å². The van der Waals surface area contributed by atoms with Gasteiger partial charge >= 0.3 is 5.97 Å². The molecule has 0 saturated carbocycles. The summed E-state index contributed by atoms with van der Waals surface area (Å²) in [5.41, 5.74) is 2.11. The molecule has 0 aliphatic rings. The van der Waals surface area contributed by atoms with Crippen molar-refractivity contribution in [2.75, 3.05) is 5.32 Å². The van der Waals surface area contributed by atoms with Crippen LogP contribution in [0.5, 0.6) is 0 Å². The van der Waals surface area contributed by atoms with E-state index in [9.17, 15) is 14.4 Å². The zero-order valence-electron chi connectivity index (χ0n) is 18.8. The van der Waals surface area contributed by atoms with Crippen molar-refractivity contribution >= 4 is 40.1 Å². The van der Waals surface area contributed by atoms with Gasteiger partial charge in [-0.15, -0.1) is 0 Å². The Balaban J connectivity index is 1.73. The largest absolute Gasteiger partial charge is 0.448 e. The highest BCUT2D eigenvalue weighted by molar-refractivity contribution is 6.30. The molecule has 1 atom stereocenters. The molecule has 0 saturated heterocycles. The quantitative estimate of drug-likeness (QED) is 0.421. The van der Waals surface area contributed by atoms with Gasteiger partial charge in [-0.2, -0.15) is 0 Å². The predicted molar refractivity (Wildman–Crippen MR) is 132 cm³/mol. The van der Waals surface area contributed by atoms with E-state index in [1.54, 1.807) is 24.3 Å². The number of benzene rings is 2. The molecule has 0 bridgehead atoms. The third kappa shape index (κ3) is 4.56. The maximum atomic E-state index is 13.3. The molecule has 0 radical (unpaired) electrons. The molecule has 8 heteroatoms. The van der Waals surface area contributed by atoms with Crippen LogP contribution in [0, 0.1) is 6.92 Å². The topological polar surface area (TPSA) is 90.3 Å². The summed E-state index contributed by atoms with van der Waals surface area (Å²) < 4.78 is 6.77. The molecule has 7 nitrogen and oxygen atoms in total. The summed E-state index contributed by atoms with van der Waals surface area (Å²) in [6.45, 7) is 3.42. The number of carbonyl (C=O) groups is 2. The van der Waals surface area contributed by atoms with Gasteiger partial charge in [0, 0.05) is 24.2 Å². The van der Waals surface area contributed by atoms with Crippen molar-refractivity contribution in [3.8, 4) is 11.1 Å². The van der Waals surface area contributed by atoms with Crippen LogP contribution in [0.1, 0.15) is 23.0 Å². The maximum Gasteiger partial charge on any atom is 0.356 e. The Morgan fingerprint density at radius 3 is 2.35 bits per heavy atom. The summed E-state index contributed by atoms with van der Waals surface area (Å²) >= 11 is 5.82. The van der Waals surface area contributed by atoms with Gasteiger partial charge in [-0.25, -0.2) is 9.78 Å². The zero-order chi connectivity index (χ0) is 24.4. The van der Waals surface area contributed by atoms with Crippen molar-refractivity contribution < 1.29 is 14.3 Å². The van der Waals surface area contributed by atoms with Gasteiger partial charge in [0.15, 0.2) is 6.10 Å². The SMILES string of the molecule is Cc1ccc(-c2c(C(=O)OC(C)C(=O)Nc3ccc(Cl)cn3)n(C)c(=O)c3ccccc23)cc1. The van der Waals surface area contributed by atoms with E-state index in [1.165, 1.54) is 30.8 Å². The normalized spacial score (nSPS) is 11.8. The minimum Gasteiger partial charge on any atom is -0.448 e. The lowest BCUT2D eigenvalue weighted by Gasteiger charge is -2.19. The molecule has 4 rings (SSSR count). The molecule has 2 heterocycles. The molecule has 0 aliphatic heterocycles. The maximum absolute atomic E-state index is 13.3. The van der Waals surface area contributed by atoms with Gasteiger partial charge in [0.25, 0.3) is 11.5 Å². The molecule has 0 aliphatic carbocycles. The summed E-state index contributed by atoms with van der Waals surface area (Å²) in [5, 5.41) is 4.12. The van der Waals surface area contributed by atoms with E-state index in [1.807, 2.05) is 37.3 Å². The summed E-state index contributed by atoms with van der Waals surface area (Å²) in [5.74, 6) is -1.07. The first-order valence-corrected chi connectivity index (χ1v) is 11.0. The second kappa shape index (κ2) is 9.49. The van der Waals surface area contributed by atoms with Crippen molar-refractivity contribution in [3.05, 3.63) is 93.5 Å². The average Bonchev–Trinajstić information content (AvgIpc) is 2.83. The van der Waals surface area contributed by atoms with Crippen molar-refractivity contribution in [2.45, 2.75) is 20.0 Å². The Morgan fingerprint density at radius 2 is 1.71 bits per heavy atom. The number of fused-ring (bicyclic) bond motifs is 1. The van der Waals surface area contributed by atoms with Crippen LogP contribution in [-0.2, 0) is 16.6 Å². The molecule has 1 unspecified atom stereocenters. The van der Waals surface area contributed by atoms with Gasteiger partial charge < -0.3 is 14.6 Å². The van der Waals surface area contributed by atoms with E-state index < -0.39 is 18.0 Å². The number of nitrogens with one attached hydrogen (secondary N) is 1. The van der Waals surface area contributed by atoms with Gasteiger partial charge in [-0.1, -0.05) is 59.6 Å². The van der Waals surface area contributed by atoms with Crippen LogP contribution in [0.15, 0.2) is 71.7 Å². The number of anilines is 1. The Kier molecular flexibility index (Phi) is 6.47. The lowest BCUT2D eigenvalue weighted by molar-refractivity contribution is -0.123. The molecular weight excluding hydrogens is 454 g/mol. The van der Waals surface area contributed by atoms with Crippen LogP contribution in [0.3, 0.4) is 0 Å². The van der Waals surface area contributed by atoms with Crippen LogP contribution in [0.25, 0.3) is 21.9 Å². The number of aryl methyl sites for hydroxylation is 1. The Morgan fingerprint density at radius 1 is 1.03 bits per heavy atom. The molecule has 2 aromatic heterocycles. The van der Waals surface area contributed by atoms with Crippen LogP contribution in [-0.4, -0.2) is 27.5 Å². The number of ether oxygens (including phenoxy) is 1. The lowest BCUT2D eigenvalue weighted by Crippen LogP contribution is -2.33. The number of halogens is 1. The van der Waals surface area contributed by atoms with Crippen LogP contribution < -0.4 is 10.9 Å². The summed E-state index contributed by atoms with van der Waals surface area (Å²) in [7, 11) is 1.52. The number of hydrogen-bond donors (Lipinski definition) is 1. The summed E-state index contributed by atoms with van der Waals surface area (Å²) in [6, 6.07) is 17.9. The highest BCUT2D eigenvalue weighted by Gasteiger charge is 2.26. The molecule has 4 aromatic rings. The Labute approximate surface area is 201 Å². The summed E-state index contributed by atoms with van der Waals surface area (Å²) in [4.78, 5) is 43.0. The predicted octanol–water partition coefficient (Wildman–Crippen LogP) is 4.75. The number of nitrogens with zero attached hydrogens (tertiary/aromatic N) is 2. The second-order valence-electron chi connectivity index (χ2n) is 7.90. The molecule has 172 valence electrons. The first kappa shape index (κ1) is 23.2. The van der Waals surface area contributed by atoms with E-state index in [4.69, 9.17) is 16.3 Å². The van der Waals surface area contributed by atoms with Gasteiger partial charge in [-0.05, 0) is 43.0 Å². The fraction of sp³-hybridized carbons (Fsp3) is 0.154. The number of hydrogen-bond acceptors (Lipinski definition) is 5. The van der Waals surface area contributed by atoms with E-state index in [0.29, 0.717) is 21.4 Å². The molecule has 34 heavy (non-hydrogen) atoms. The van der Waals surface area contributed by atoms with Crippen LogP contribution in [0.4, 0.5) is 5.82 Å². The number of pyridine rings is 2. The highest BCUT2D eigenvalue weighted by atomic mass is 35.5. The first-order chi connectivity index (χ1) is 16.3. The van der Waals surface area contributed by atoms with Gasteiger partial charge in [0.05, 0.1) is 5.02 Å². The molecule has 1 amide bonds.